The number of hydrogen-bond donors (Lipinski definition) is 0. The minimum Gasteiger partial charge on any atom is -0.431 e. The Bertz CT molecular complexity index is 652. The third-order valence-electron chi connectivity index (χ3n) is 2.60. The summed E-state index contributed by atoms with van der Waals surface area (Å²) in [6.07, 6.45) is 1.81. The molecule has 1 heterocycles. The summed E-state index contributed by atoms with van der Waals surface area (Å²) in [6.45, 7) is 3.72. The van der Waals surface area contributed by atoms with Gasteiger partial charge in [0.05, 0.1) is 10.2 Å². The summed E-state index contributed by atoms with van der Waals surface area (Å²) in [5, 5.41) is 0.669. The van der Waals surface area contributed by atoms with E-state index in [4.69, 9.17) is 4.74 Å². The van der Waals surface area contributed by atoms with E-state index in [1.165, 1.54) is 0 Å². The summed E-state index contributed by atoms with van der Waals surface area (Å²) in [4.78, 5) is 4.43. The molecule has 0 saturated heterocycles. The lowest BCUT2D eigenvalue weighted by atomic mass is 10.2. The topological polar surface area (TPSA) is 22.1 Å². The molecule has 0 unspecified atom stereocenters. The summed E-state index contributed by atoms with van der Waals surface area (Å²) >= 11 is 1.55. The van der Waals surface area contributed by atoms with Crippen LogP contribution in [0.15, 0.2) is 55.1 Å². The van der Waals surface area contributed by atoms with Crippen molar-refractivity contribution in [2.75, 3.05) is 0 Å². The quantitative estimate of drug-likeness (QED) is 0.673. The number of ether oxygens (including phenoxy) is 1. The monoisotopic (exact) mass is 253 g/mol. The van der Waals surface area contributed by atoms with Crippen LogP contribution in [0.4, 0.5) is 0 Å². The molecule has 0 amide bonds. The second-order valence-corrected chi connectivity index (χ2v) is 4.82. The van der Waals surface area contributed by atoms with Crippen molar-refractivity contribution in [1.29, 1.82) is 0 Å². The fraction of sp³-hybridized carbons (Fsp3) is 0. The van der Waals surface area contributed by atoms with Gasteiger partial charge in [-0.25, -0.2) is 4.98 Å². The minimum absolute atomic E-state index is 0.669. The first-order valence-corrected chi connectivity index (χ1v) is 6.43. The van der Waals surface area contributed by atoms with Gasteiger partial charge in [0.15, 0.2) is 0 Å². The summed E-state index contributed by atoms with van der Waals surface area (Å²) in [5.74, 6) is 0.791. The van der Waals surface area contributed by atoms with Crippen molar-refractivity contribution in [2.24, 2.45) is 0 Å². The van der Waals surface area contributed by atoms with Gasteiger partial charge in [-0.05, 0) is 29.8 Å². The maximum atomic E-state index is 5.74. The van der Waals surface area contributed by atoms with Crippen LogP contribution in [-0.4, -0.2) is 4.98 Å². The molecule has 0 atom stereocenters. The van der Waals surface area contributed by atoms with E-state index in [9.17, 15) is 0 Å². The highest BCUT2D eigenvalue weighted by Gasteiger charge is 2.04. The average Bonchev–Trinajstić information content (AvgIpc) is 2.82. The highest BCUT2D eigenvalue weighted by Crippen LogP contribution is 2.31. The number of fused-ring (bicyclic) bond motifs is 1. The molecule has 0 fully saturated rings. The standard InChI is InChI=1S/C15H11NOS/c1-2-11-7-9-12(10-8-11)17-15-16-13-5-3-4-6-14(13)18-15/h2-10H,1H2. The van der Waals surface area contributed by atoms with Crippen molar-refractivity contribution < 1.29 is 4.74 Å². The predicted octanol–water partition coefficient (Wildman–Crippen LogP) is 4.73. The molecule has 0 aliphatic heterocycles. The van der Waals surface area contributed by atoms with Crippen LogP contribution in [0.1, 0.15) is 5.56 Å². The van der Waals surface area contributed by atoms with Gasteiger partial charge in [0.25, 0.3) is 5.19 Å². The molecule has 2 nitrogen and oxygen atoms in total. The first-order chi connectivity index (χ1) is 8.85. The highest BCUT2D eigenvalue weighted by molar-refractivity contribution is 7.20. The van der Waals surface area contributed by atoms with Crippen molar-refractivity contribution in [3.63, 3.8) is 0 Å². The van der Waals surface area contributed by atoms with Gasteiger partial charge in [-0.15, -0.1) is 0 Å². The molecular formula is C15H11NOS. The molecule has 0 bridgehead atoms. The second kappa shape index (κ2) is 4.63. The first kappa shape index (κ1) is 11.0. The Morgan fingerprint density at radius 3 is 2.56 bits per heavy atom. The summed E-state index contributed by atoms with van der Waals surface area (Å²) in [7, 11) is 0. The van der Waals surface area contributed by atoms with Crippen LogP contribution in [-0.2, 0) is 0 Å². The lowest BCUT2D eigenvalue weighted by Gasteiger charge is -2.01. The van der Waals surface area contributed by atoms with Gasteiger partial charge in [-0.2, -0.15) is 0 Å². The van der Waals surface area contributed by atoms with Gasteiger partial charge < -0.3 is 4.74 Å². The molecule has 1 aromatic heterocycles. The fourth-order valence-electron chi connectivity index (χ4n) is 1.67. The molecule has 0 radical (unpaired) electrons. The Morgan fingerprint density at radius 1 is 1.06 bits per heavy atom. The Morgan fingerprint density at radius 2 is 1.83 bits per heavy atom. The van der Waals surface area contributed by atoms with Crippen molar-refractivity contribution in [1.82, 2.24) is 4.98 Å². The van der Waals surface area contributed by atoms with E-state index in [1.807, 2.05) is 54.6 Å². The molecule has 2 aromatic carbocycles. The van der Waals surface area contributed by atoms with Crippen LogP contribution >= 0.6 is 11.3 Å². The Hall–Kier alpha value is -2.13. The average molecular weight is 253 g/mol. The normalized spacial score (nSPS) is 10.4. The van der Waals surface area contributed by atoms with Crippen molar-refractivity contribution in [2.45, 2.75) is 0 Å². The van der Waals surface area contributed by atoms with Gasteiger partial charge >= 0.3 is 0 Å². The molecule has 88 valence electrons. The van der Waals surface area contributed by atoms with Gasteiger partial charge in [0.1, 0.15) is 5.75 Å². The molecular weight excluding hydrogens is 242 g/mol. The van der Waals surface area contributed by atoms with E-state index in [0.29, 0.717) is 5.19 Å². The molecule has 0 spiro atoms. The Labute approximate surface area is 109 Å². The lowest BCUT2D eigenvalue weighted by molar-refractivity contribution is 0.480. The van der Waals surface area contributed by atoms with Crippen molar-refractivity contribution >= 4 is 27.6 Å². The summed E-state index contributed by atoms with van der Waals surface area (Å²) in [5.41, 5.74) is 2.05. The summed E-state index contributed by atoms with van der Waals surface area (Å²) in [6, 6.07) is 15.8. The van der Waals surface area contributed by atoms with Crippen LogP contribution in [0.25, 0.3) is 16.3 Å². The van der Waals surface area contributed by atoms with E-state index in [0.717, 1.165) is 21.5 Å². The smallest absolute Gasteiger partial charge is 0.279 e. The third-order valence-corrected chi connectivity index (χ3v) is 3.51. The van der Waals surface area contributed by atoms with E-state index >= 15 is 0 Å². The number of para-hydroxylation sites is 1. The molecule has 18 heavy (non-hydrogen) atoms. The maximum Gasteiger partial charge on any atom is 0.279 e. The van der Waals surface area contributed by atoms with E-state index in [-0.39, 0.29) is 0 Å². The Balaban J connectivity index is 1.88. The number of rotatable bonds is 3. The van der Waals surface area contributed by atoms with Crippen LogP contribution < -0.4 is 4.74 Å². The van der Waals surface area contributed by atoms with Gasteiger partial charge in [-0.3, -0.25) is 0 Å². The van der Waals surface area contributed by atoms with Crippen molar-refractivity contribution in [3.05, 3.63) is 60.7 Å². The maximum absolute atomic E-state index is 5.74. The highest BCUT2D eigenvalue weighted by atomic mass is 32.1. The number of aromatic nitrogens is 1. The molecule has 0 aliphatic rings. The number of thiazole rings is 1. The van der Waals surface area contributed by atoms with E-state index < -0.39 is 0 Å². The molecule has 0 N–H and O–H groups in total. The number of nitrogens with zero attached hydrogens (tertiary/aromatic N) is 1. The fourth-order valence-corrected chi connectivity index (χ4v) is 2.50. The Kier molecular flexibility index (Phi) is 2.82. The lowest BCUT2D eigenvalue weighted by Crippen LogP contribution is -1.82. The van der Waals surface area contributed by atoms with E-state index in [2.05, 4.69) is 11.6 Å². The second-order valence-electron chi connectivity index (χ2n) is 3.82. The van der Waals surface area contributed by atoms with Crippen LogP contribution in [0.3, 0.4) is 0 Å². The zero-order chi connectivity index (χ0) is 12.4. The zero-order valence-corrected chi connectivity index (χ0v) is 10.5. The van der Waals surface area contributed by atoms with Gasteiger partial charge in [0.2, 0.25) is 0 Å². The van der Waals surface area contributed by atoms with Gasteiger partial charge in [-0.1, -0.05) is 48.3 Å². The number of hydrogen-bond acceptors (Lipinski definition) is 3. The number of benzene rings is 2. The zero-order valence-electron chi connectivity index (χ0n) is 9.67. The molecule has 3 heteroatoms. The molecule has 3 rings (SSSR count). The predicted molar refractivity (Wildman–Crippen MR) is 76.2 cm³/mol. The summed E-state index contributed by atoms with van der Waals surface area (Å²) < 4.78 is 6.87. The molecule has 3 aromatic rings. The molecule has 0 aliphatic carbocycles. The van der Waals surface area contributed by atoms with Crippen LogP contribution in [0.5, 0.6) is 10.9 Å². The van der Waals surface area contributed by atoms with Crippen molar-refractivity contribution in [3.8, 4) is 10.9 Å². The van der Waals surface area contributed by atoms with Crippen LogP contribution in [0.2, 0.25) is 0 Å². The SMILES string of the molecule is C=Cc1ccc(Oc2nc3ccccc3s2)cc1. The van der Waals surface area contributed by atoms with Gasteiger partial charge in [0, 0.05) is 0 Å². The third kappa shape index (κ3) is 2.13. The van der Waals surface area contributed by atoms with Crippen LogP contribution in [0, 0.1) is 0 Å². The largest absolute Gasteiger partial charge is 0.431 e. The first-order valence-electron chi connectivity index (χ1n) is 5.61. The van der Waals surface area contributed by atoms with E-state index in [1.54, 1.807) is 11.3 Å². The molecule has 0 saturated carbocycles. The minimum atomic E-state index is 0.669.